The predicted molar refractivity (Wildman–Crippen MR) is 73.5 cm³/mol. The first kappa shape index (κ1) is 12.5. The Labute approximate surface area is 106 Å². The lowest BCUT2D eigenvalue weighted by atomic mass is 10.1. The molecule has 2 N–H and O–H groups in total. The molecule has 92 valence electrons. The van der Waals surface area contributed by atoms with Crippen LogP contribution in [0.25, 0.3) is 0 Å². The third kappa shape index (κ3) is 2.64. The van der Waals surface area contributed by atoms with Crippen molar-refractivity contribution in [1.82, 2.24) is 0 Å². The molecule has 1 aromatic rings. The van der Waals surface area contributed by atoms with E-state index in [1.165, 1.54) is 5.56 Å². The molecule has 3 nitrogen and oxygen atoms in total. The standard InChI is InChI=1S/C13H18N2OS/c1-2-10-5-3-4-6-12(10)15-8-11(7-14)17-9-13(15)16/h3-6,11H,2,7-9,14H2,1H3. The van der Waals surface area contributed by atoms with E-state index in [4.69, 9.17) is 5.73 Å². The molecule has 1 aliphatic heterocycles. The first-order valence-corrected chi connectivity index (χ1v) is 7.01. The molecule has 17 heavy (non-hydrogen) atoms. The van der Waals surface area contributed by atoms with Gasteiger partial charge in [0.25, 0.3) is 0 Å². The van der Waals surface area contributed by atoms with Crippen LogP contribution in [0.4, 0.5) is 5.69 Å². The summed E-state index contributed by atoms with van der Waals surface area (Å²) in [6.45, 7) is 3.47. The van der Waals surface area contributed by atoms with Crippen molar-refractivity contribution in [1.29, 1.82) is 0 Å². The van der Waals surface area contributed by atoms with Gasteiger partial charge in [0.2, 0.25) is 5.91 Å². The molecule has 1 fully saturated rings. The Bertz CT molecular complexity index is 408. The summed E-state index contributed by atoms with van der Waals surface area (Å²) in [6.07, 6.45) is 0.945. The van der Waals surface area contributed by atoms with E-state index in [-0.39, 0.29) is 5.91 Å². The van der Waals surface area contributed by atoms with Crippen LogP contribution in [-0.4, -0.2) is 30.0 Å². The maximum absolute atomic E-state index is 12.0. The first-order chi connectivity index (χ1) is 8.26. The Morgan fingerprint density at radius 1 is 1.47 bits per heavy atom. The number of thioether (sulfide) groups is 1. The summed E-state index contributed by atoms with van der Waals surface area (Å²) in [5.41, 5.74) is 7.98. The summed E-state index contributed by atoms with van der Waals surface area (Å²) >= 11 is 1.67. The van der Waals surface area contributed by atoms with Crippen LogP contribution in [0.1, 0.15) is 12.5 Å². The molecule has 0 aromatic heterocycles. The van der Waals surface area contributed by atoms with Crippen LogP contribution in [0.2, 0.25) is 0 Å². The van der Waals surface area contributed by atoms with E-state index in [1.807, 2.05) is 23.1 Å². The normalized spacial score (nSPS) is 20.7. The molecule has 0 radical (unpaired) electrons. The zero-order valence-corrected chi connectivity index (χ0v) is 10.9. The van der Waals surface area contributed by atoms with Gasteiger partial charge in [0.05, 0.1) is 5.75 Å². The highest BCUT2D eigenvalue weighted by atomic mass is 32.2. The van der Waals surface area contributed by atoms with E-state index in [1.54, 1.807) is 11.8 Å². The molecule has 4 heteroatoms. The zero-order chi connectivity index (χ0) is 12.3. The number of hydrogen-bond donors (Lipinski definition) is 1. The minimum absolute atomic E-state index is 0.195. The number of para-hydroxylation sites is 1. The van der Waals surface area contributed by atoms with Crippen LogP contribution in [0, 0.1) is 0 Å². The van der Waals surface area contributed by atoms with Crippen LogP contribution in [0.5, 0.6) is 0 Å². The molecule has 2 rings (SSSR count). The van der Waals surface area contributed by atoms with Gasteiger partial charge in [-0.3, -0.25) is 4.79 Å². The van der Waals surface area contributed by atoms with E-state index in [0.717, 1.165) is 18.7 Å². The van der Waals surface area contributed by atoms with Crippen molar-refractivity contribution in [3.63, 3.8) is 0 Å². The van der Waals surface area contributed by atoms with Crippen LogP contribution in [-0.2, 0) is 11.2 Å². The lowest BCUT2D eigenvalue weighted by molar-refractivity contribution is -0.116. The minimum atomic E-state index is 0.195. The second-order valence-corrected chi connectivity index (χ2v) is 5.44. The Morgan fingerprint density at radius 3 is 2.94 bits per heavy atom. The van der Waals surface area contributed by atoms with E-state index in [9.17, 15) is 4.79 Å². The maximum atomic E-state index is 12.0. The number of benzene rings is 1. The molecular formula is C13H18N2OS. The van der Waals surface area contributed by atoms with Gasteiger partial charge in [-0.15, -0.1) is 11.8 Å². The van der Waals surface area contributed by atoms with Gasteiger partial charge in [0, 0.05) is 24.0 Å². The monoisotopic (exact) mass is 250 g/mol. The summed E-state index contributed by atoms with van der Waals surface area (Å²) < 4.78 is 0. The Hall–Kier alpha value is -1.00. The molecule has 1 unspecified atom stereocenters. The molecule has 1 atom stereocenters. The summed E-state index contributed by atoms with van der Waals surface area (Å²) in [7, 11) is 0. The Balaban J connectivity index is 2.27. The number of aryl methyl sites for hydroxylation is 1. The fourth-order valence-electron chi connectivity index (χ4n) is 2.07. The van der Waals surface area contributed by atoms with Gasteiger partial charge in [0.15, 0.2) is 0 Å². The maximum Gasteiger partial charge on any atom is 0.237 e. The van der Waals surface area contributed by atoms with Gasteiger partial charge >= 0.3 is 0 Å². The molecule has 1 aromatic carbocycles. The number of nitrogens with zero attached hydrogens (tertiary/aromatic N) is 1. The van der Waals surface area contributed by atoms with Crippen molar-refractivity contribution in [2.24, 2.45) is 5.73 Å². The van der Waals surface area contributed by atoms with E-state index in [0.29, 0.717) is 17.5 Å². The number of amides is 1. The number of rotatable bonds is 3. The number of nitrogens with two attached hydrogens (primary N) is 1. The molecule has 0 bridgehead atoms. The summed E-state index contributed by atoms with van der Waals surface area (Å²) in [5.74, 6) is 0.737. The average Bonchev–Trinajstić information content (AvgIpc) is 2.39. The van der Waals surface area contributed by atoms with E-state index in [2.05, 4.69) is 13.0 Å². The van der Waals surface area contributed by atoms with Crippen LogP contribution >= 0.6 is 11.8 Å². The van der Waals surface area contributed by atoms with E-state index >= 15 is 0 Å². The van der Waals surface area contributed by atoms with Crippen molar-refractivity contribution < 1.29 is 4.79 Å². The lowest BCUT2D eigenvalue weighted by Gasteiger charge is -2.32. The highest BCUT2D eigenvalue weighted by Crippen LogP contribution is 2.27. The van der Waals surface area contributed by atoms with Crippen LogP contribution in [0.15, 0.2) is 24.3 Å². The Kier molecular flexibility index (Phi) is 4.07. The SMILES string of the molecule is CCc1ccccc1N1CC(CN)SCC1=O. The van der Waals surface area contributed by atoms with Gasteiger partial charge in [-0.1, -0.05) is 25.1 Å². The van der Waals surface area contributed by atoms with Gasteiger partial charge in [-0.2, -0.15) is 0 Å². The largest absolute Gasteiger partial charge is 0.329 e. The fraction of sp³-hybridized carbons (Fsp3) is 0.462. The molecular weight excluding hydrogens is 232 g/mol. The molecule has 1 aliphatic rings. The fourth-order valence-corrected chi connectivity index (χ4v) is 3.00. The number of carbonyl (C=O) groups excluding carboxylic acids is 1. The zero-order valence-electron chi connectivity index (χ0n) is 10.1. The average molecular weight is 250 g/mol. The van der Waals surface area contributed by atoms with Crippen molar-refractivity contribution in [2.45, 2.75) is 18.6 Å². The summed E-state index contributed by atoms with van der Waals surface area (Å²) in [5, 5.41) is 0.359. The first-order valence-electron chi connectivity index (χ1n) is 5.96. The quantitative estimate of drug-likeness (QED) is 0.887. The third-order valence-electron chi connectivity index (χ3n) is 3.06. The highest BCUT2D eigenvalue weighted by Gasteiger charge is 2.27. The van der Waals surface area contributed by atoms with Crippen LogP contribution in [0.3, 0.4) is 0 Å². The van der Waals surface area contributed by atoms with Gasteiger partial charge < -0.3 is 10.6 Å². The second-order valence-electron chi connectivity index (χ2n) is 4.16. The van der Waals surface area contributed by atoms with Gasteiger partial charge in [-0.05, 0) is 18.1 Å². The molecule has 1 saturated heterocycles. The highest BCUT2D eigenvalue weighted by molar-refractivity contribution is 8.00. The summed E-state index contributed by atoms with van der Waals surface area (Å²) in [4.78, 5) is 13.9. The van der Waals surface area contributed by atoms with Crippen molar-refractivity contribution >= 4 is 23.4 Å². The summed E-state index contributed by atoms with van der Waals surface area (Å²) in [6, 6.07) is 8.12. The molecule has 0 spiro atoms. The number of anilines is 1. The molecule has 0 saturated carbocycles. The lowest BCUT2D eigenvalue weighted by Crippen LogP contribution is -2.45. The Morgan fingerprint density at radius 2 is 2.24 bits per heavy atom. The molecule has 0 aliphatic carbocycles. The second kappa shape index (κ2) is 5.56. The van der Waals surface area contributed by atoms with Crippen molar-refractivity contribution in [3.8, 4) is 0 Å². The van der Waals surface area contributed by atoms with E-state index < -0.39 is 0 Å². The number of hydrogen-bond acceptors (Lipinski definition) is 3. The predicted octanol–water partition coefficient (Wildman–Crippen LogP) is 1.66. The van der Waals surface area contributed by atoms with Gasteiger partial charge in [-0.25, -0.2) is 0 Å². The number of carbonyl (C=O) groups is 1. The van der Waals surface area contributed by atoms with Gasteiger partial charge in [0.1, 0.15) is 0 Å². The molecule has 1 heterocycles. The topological polar surface area (TPSA) is 46.3 Å². The smallest absolute Gasteiger partial charge is 0.237 e. The minimum Gasteiger partial charge on any atom is -0.329 e. The van der Waals surface area contributed by atoms with Crippen LogP contribution < -0.4 is 10.6 Å². The van der Waals surface area contributed by atoms with Crippen molar-refractivity contribution in [3.05, 3.63) is 29.8 Å². The van der Waals surface area contributed by atoms with Crippen molar-refractivity contribution in [2.75, 3.05) is 23.7 Å². The molecule has 1 amide bonds. The third-order valence-corrected chi connectivity index (χ3v) is 4.28.